The van der Waals surface area contributed by atoms with E-state index >= 15 is 0 Å². The number of rotatable bonds is 7. The molecule has 1 saturated carbocycles. The first-order valence-electron chi connectivity index (χ1n) is 8.38. The minimum atomic E-state index is -0.352. The molecule has 0 saturated heterocycles. The van der Waals surface area contributed by atoms with Crippen LogP contribution in [0.3, 0.4) is 0 Å². The second kappa shape index (κ2) is 8.35. The average molecular weight is 285 g/mol. The highest BCUT2D eigenvalue weighted by atomic mass is 16.5. The van der Waals surface area contributed by atoms with E-state index in [2.05, 4.69) is 39.5 Å². The summed E-state index contributed by atoms with van der Waals surface area (Å²) in [5.41, 5.74) is 0.424. The van der Waals surface area contributed by atoms with Gasteiger partial charge in [0.2, 0.25) is 0 Å². The van der Waals surface area contributed by atoms with Gasteiger partial charge in [0.05, 0.1) is 18.8 Å². The number of nitrogens with zero attached hydrogens (tertiary/aromatic N) is 1. The van der Waals surface area contributed by atoms with Gasteiger partial charge in [-0.25, -0.2) is 0 Å². The van der Waals surface area contributed by atoms with Crippen LogP contribution in [0.4, 0.5) is 0 Å². The molecule has 1 N–H and O–H groups in total. The molecule has 0 amide bonds. The van der Waals surface area contributed by atoms with E-state index in [-0.39, 0.29) is 6.10 Å². The van der Waals surface area contributed by atoms with E-state index in [9.17, 15) is 5.11 Å². The Labute approximate surface area is 125 Å². The van der Waals surface area contributed by atoms with E-state index in [1.807, 2.05) is 0 Å². The van der Waals surface area contributed by atoms with Gasteiger partial charge >= 0.3 is 0 Å². The van der Waals surface area contributed by atoms with Crippen LogP contribution in [0.1, 0.15) is 60.3 Å². The van der Waals surface area contributed by atoms with Crippen molar-refractivity contribution in [1.82, 2.24) is 4.90 Å². The van der Waals surface area contributed by atoms with Crippen LogP contribution in [-0.4, -0.2) is 48.5 Å². The largest absolute Gasteiger partial charge is 0.389 e. The van der Waals surface area contributed by atoms with Crippen LogP contribution in [0.5, 0.6) is 0 Å². The minimum absolute atomic E-state index is 0.352. The Balaban J connectivity index is 2.21. The van der Waals surface area contributed by atoms with Gasteiger partial charge in [0, 0.05) is 6.54 Å². The van der Waals surface area contributed by atoms with Crippen LogP contribution in [-0.2, 0) is 4.74 Å². The molecular formula is C17H35NO2. The maximum absolute atomic E-state index is 10.0. The van der Waals surface area contributed by atoms with Crippen molar-refractivity contribution in [1.29, 1.82) is 0 Å². The summed E-state index contributed by atoms with van der Waals surface area (Å²) in [6.07, 6.45) is 4.84. The van der Waals surface area contributed by atoms with E-state index in [0.29, 0.717) is 18.1 Å². The third-order valence-corrected chi connectivity index (χ3v) is 4.79. The van der Waals surface area contributed by atoms with Crippen molar-refractivity contribution < 1.29 is 9.84 Å². The molecule has 1 rings (SSSR count). The third-order valence-electron chi connectivity index (χ3n) is 4.79. The monoisotopic (exact) mass is 285 g/mol. The molecule has 1 aliphatic rings. The second-order valence-electron chi connectivity index (χ2n) is 7.31. The van der Waals surface area contributed by atoms with Gasteiger partial charge in [0.1, 0.15) is 0 Å². The standard InChI is InChI=1S/C17H35NO2/c1-6-18(7-2)12-15(19)13-20-16-10-8-14(9-11-16)17(3,4)5/h14-16,19H,6-13H2,1-5H3. The lowest BCUT2D eigenvalue weighted by Gasteiger charge is -2.37. The normalized spacial score (nSPS) is 25.9. The van der Waals surface area contributed by atoms with Crippen molar-refractivity contribution in [2.45, 2.75) is 72.5 Å². The molecule has 0 heterocycles. The van der Waals surface area contributed by atoms with Crippen LogP contribution >= 0.6 is 0 Å². The minimum Gasteiger partial charge on any atom is -0.389 e. The molecule has 0 aromatic heterocycles. The highest BCUT2D eigenvalue weighted by Crippen LogP contribution is 2.38. The third kappa shape index (κ3) is 6.11. The van der Waals surface area contributed by atoms with Crippen LogP contribution in [0.15, 0.2) is 0 Å². The van der Waals surface area contributed by atoms with Crippen LogP contribution in [0.25, 0.3) is 0 Å². The zero-order chi connectivity index (χ0) is 15.2. The molecule has 0 aromatic carbocycles. The van der Waals surface area contributed by atoms with E-state index in [4.69, 9.17) is 4.74 Å². The highest BCUT2D eigenvalue weighted by molar-refractivity contribution is 4.81. The summed E-state index contributed by atoms with van der Waals surface area (Å²) in [6, 6.07) is 0. The lowest BCUT2D eigenvalue weighted by atomic mass is 9.72. The fraction of sp³-hybridized carbons (Fsp3) is 1.00. The van der Waals surface area contributed by atoms with Crippen molar-refractivity contribution in [2.24, 2.45) is 11.3 Å². The van der Waals surface area contributed by atoms with Gasteiger partial charge in [0.25, 0.3) is 0 Å². The van der Waals surface area contributed by atoms with Crippen LogP contribution in [0.2, 0.25) is 0 Å². The zero-order valence-corrected chi connectivity index (χ0v) is 14.2. The molecule has 1 atom stereocenters. The Morgan fingerprint density at radius 2 is 1.65 bits per heavy atom. The van der Waals surface area contributed by atoms with Gasteiger partial charge in [-0.05, 0) is 50.1 Å². The molecule has 120 valence electrons. The van der Waals surface area contributed by atoms with Gasteiger partial charge in [-0.2, -0.15) is 0 Å². The summed E-state index contributed by atoms with van der Waals surface area (Å²) in [5.74, 6) is 0.822. The van der Waals surface area contributed by atoms with Gasteiger partial charge < -0.3 is 14.7 Å². The summed E-state index contributed by atoms with van der Waals surface area (Å²) in [5, 5.41) is 10.0. The molecule has 3 heteroatoms. The van der Waals surface area contributed by atoms with Gasteiger partial charge in [0.15, 0.2) is 0 Å². The average Bonchev–Trinajstić information content (AvgIpc) is 2.42. The number of aliphatic hydroxyl groups excluding tert-OH is 1. The fourth-order valence-electron chi connectivity index (χ4n) is 3.18. The Morgan fingerprint density at radius 1 is 1.10 bits per heavy atom. The molecule has 1 aliphatic carbocycles. The van der Waals surface area contributed by atoms with Gasteiger partial charge in [-0.3, -0.25) is 0 Å². The summed E-state index contributed by atoms with van der Waals surface area (Å²) >= 11 is 0. The molecule has 0 spiro atoms. The molecule has 0 radical (unpaired) electrons. The highest BCUT2D eigenvalue weighted by Gasteiger charge is 2.30. The predicted octanol–water partition coefficient (Wildman–Crippen LogP) is 3.31. The van der Waals surface area contributed by atoms with E-state index < -0.39 is 0 Å². The SMILES string of the molecule is CCN(CC)CC(O)COC1CCC(C(C)(C)C)CC1. The molecule has 0 aliphatic heterocycles. The smallest absolute Gasteiger partial charge is 0.0900 e. The Hall–Kier alpha value is -0.120. The summed E-state index contributed by atoms with van der Waals surface area (Å²) in [4.78, 5) is 2.24. The van der Waals surface area contributed by atoms with Gasteiger partial charge in [-0.1, -0.05) is 34.6 Å². The van der Waals surface area contributed by atoms with Crippen LogP contribution in [0, 0.1) is 11.3 Å². The van der Waals surface area contributed by atoms with Crippen molar-refractivity contribution in [2.75, 3.05) is 26.2 Å². The first kappa shape index (κ1) is 17.9. The van der Waals surface area contributed by atoms with E-state index in [1.165, 1.54) is 12.8 Å². The Morgan fingerprint density at radius 3 is 2.10 bits per heavy atom. The summed E-state index contributed by atoms with van der Waals surface area (Å²) in [7, 11) is 0. The first-order valence-corrected chi connectivity index (χ1v) is 8.38. The van der Waals surface area contributed by atoms with Crippen molar-refractivity contribution in [3.05, 3.63) is 0 Å². The summed E-state index contributed by atoms with van der Waals surface area (Å²) < 4.78 is 5.92. The fourth-order valence-corrected chi connectivity index (χ4v) is 3.18. The molecule has 3 nitrogen and oxygen atoms in total. The first-order chi connectivity index (χ1) is 9.36. The molecule has 1 unspecified atom stereocenters. The molecule has 1 fully saturated rings. The lowest BCUT2D eigenvalue weighted by Crippen LogP contribution is -2.36. The Kier molecular flexibility index (Phi) is 7.49. The topological polar surface area (TPSA) is 32.7 Å². The Bertz CT molecular complexity index is 250. The van der Waals surface area contributed by atoms with Crippen molar-refractivity contribution in [3.8, 4) is 0 Å². The van der Waals surface area contributed by atoms with E-state index in [0.717, 1.165) is 38.4 Å². The number of ether oxygens (including phenoxy) is 1. The quantitative estimate of drug-likeness (QED) is 0.779. The summed E-state index contributed by atoms with van der Waals surface area (Å²) in [6.45, 7) is 14.5. The number of aliphatic hydroxyl groups is 1. The van der Waals surface area contributed by atoms with Crippen molar-refractivity contribution >= 4 is 0 Å². The number of hydrogen-bond donors (Lipinski definition) is 1. The van der Waals surface area contributed by atoms with Gasteiger partial charge in [-0.15, -0.1) is 0 Å². The zero-order valence-electron chi connectivity index (χ0n) is 14.2. The second-order valence-corrected chi connectivity index (χ2v) is 7.31. The molecule has 0 bridgehead atoms. The van der Waals surface area contributed by atoms with E-state index in [1.54, 1.807) is 0 Å². The predicted molar refractivity (Wildman–Crippen MR) is 84.9 cm³/mol. The van der Waals surface area contributed by atoms with Crippen molar-refractivity contribution in [3.63, 3.8) is 0 Å². The number of hydrogen-bond acceptors (Lipinski definition) is 3. The molecule has 0 aromatic rings. The van der Waals surface area contributed by atoms with Crippen LogP contribution < -0.4 is 0 Å². The molecular weight excluding hydrogens is 250 g/mol. The maximum Gasteiger partial charge on any atom is 0.0900 e. The number of likely N-dealkylation sites (N-methyl/N-ethyl adjacent to an activating group) is 1. The maximum atomic E-state index is 10.0. The molecule has 20 heavy (non-hydrogen) atoms. The lowest BCUT2D eigenvalue weighted by molar-refractivity contribution is -0.0437.